The van der Waals surface area contributed by atoms with Gasteiger partial charge in [0.05, 0.1) is 0 Å². The fourth-order valence-electron chi connectivity index (χ4n) is 2.28. The number of carboxylic acid groups (broad SMARTS) is 1. The molecule has 0 saturated carbocycles. The van der Waals surface area contributed by atoms with Crippen LogP contribution in [0.15, 0.2) is 28.7 Å². The van der Waals surface area contributed by atoms with Crippen molar-refractivity contribution >= 4 is 34.3 Å². The first-order chi connectivity index (χ1) is 8.16. The van der Waals surface area contributed by atoms with Gasteiger partial charge in [0.15, 0.2) is 0 Å². The van der Waals surface area contributed by atoms with Crippen molar-refractivity contribution in [2.75, 3.05) is 6.54 Å². The van der Waals surface area contributed by atoms with Gasteiger partial charge in [-0.05, 0) is 37.1 Å². The average Bonchev–Trinajstić information content (AvgIpc) is 2.32. The fourth-order valence-corrected chi connectivity index (χ4v) is 2.55. The molecule has 0 amide bonds. The second kappa shape index (κ2) is 7.12. The van der Waals surface area contributed by atoms with Crippen molar-refractivity contribution in [3.63, 3.8) is 0 Å². The Labute approximate surface area is 122 Å². The molecule has 0 bridgehead atoms. The second-order valence-corrected chi connectivity index (χ2v) is 5.36. The van der Waals surface area contributed by atoms with E-state index in [-0.39, 0.29) is 18.4 Å². The zero-order valence-electron chi connectivity index (χ0n) is 10.0. The molecule has 0 aliphatic carbocycles. The quantitative estimate of drug-likeness (QED) is 0.922. The summed E-state index contributed by atoms with van der Waals surface area (Å²) in [5.41, 5.74) is 1.17. The van der Waals surface area contributed by atoms with E-state index in [1.807, 2.05) is 24.3 Å². The highest BCUT2D eigenvalue weighted by Crippen LogP contribution is 2.20. The molecule has 1 unspecified atom stereocenters. The van der Waals surface area contributed by atoms with Crippen molar-refractivity contribution < 1.29 is 9.90 Å². The predicted molar refractivity (Wildman–Crippen MR) is 77.1 cm³/mol. The molecule has 1 fully saturated rings. The molecule has 2 rings (SSSR count). The SMILES string of the molecule is Cl.O=C(O)C1CCCCN1Cc1ccc(Br)cc1. The van der Waals surface area contributed by atoms with E-state index in [1.54, 1.807) is 0 Å². The Balaban J connectivity index is 0.00000162. The van der Waals surface area contributed by atoms with E-state index >= 15 is 0 Å². The van der Waals surface area contributed by atoms with E-state index < -0.39 is 5.97 Å². The molecule has 0 radical (unpaired) electrons. The summed E-state index contributed by atoms with van der Waals surface area (Å²) in [5, 5.41) is 9.18. The summed E-state index contributed by atoms with van der Waals surface area (Å²) < 4.78 is 1.05. The molecular formula is C13H17BrClNO2. The summed E-state index contributed by atoms with van der Waals surface area (Å²) in [5.74, 6) is -0.693. The lowest BCUT2D eigenvalue weighted by Gasteiger charge is -2.32. The van der Waals surface area contributed by atoms with Crippen LogP contribution in [0.4, 0.5) is 0 Å². The zero-order valence-corrected chi connectivity index (χ0v) is 12.4. The number of carboxylic acids is 1. The molecule has 1 N–H and O–H groups in total. The number of nitrogens with zero attached hydrogens (tertiary/aromatic N) is 1. The summed E-state index contributed by atoms with van der Waals surface area (Å²) in [7, 11) is 0. The second-order valence-electron chi connectivity index (χ2n) is 4.45. The molecule has 0 spiro atoms. The highest BCUT2D eigenvalue weighted by Gasteiger charge is 2.27. The third-order valence-electron chi connectivity index (χ3n) is 3.20. The lowest BCUT2D eigenvalue weighted by molar-refractivity contribution is -0.144. The molecule has 1 heterocycles. The minimum Gasteiger partial charge on any atom is -0.480 e. The van der Waals surface area contributed by atoms with Crippen LogP contribution in [0.25, 0.3) is 0 Å². The number of piperidine rings is 1. The molecule has 0 aromatic heterocycles. The van der Waals surface area contributed by atoms with Gasteiger partial charge >= 0.3 is 5.97 Å². The van der Waals surface area contributed by atoms with E-state index in [2.05, 4.69) is 20.8 Å². The average molecular weight is 335 g/mol. The van der Waals surface area contributed by atoms with Gasteiger partial charge in [0.25, 0.3) is 0 Å². The molecule has 3 nitrogen and oxygen atoms in total. The van der Waals surface area contributed by atoms with Crippen molar-refractivity contribution in [2.24, 2.45) is 0 Å². The van der Waals surface area contributed by atoms with Gasteiger partial charge in [-0.3, -0.25) is 9.69 Å². The number of hydrogen-bond donors (Lipinski definition) is 1. The first kappa shape index (κ1) is 15.5. The van der Waals surface area contributed by atoms with Gasteiger partial charge in [0.2, 0.25) is 0 Å². The number of hydrogen-bond acceptors (Lipinski definition) is 2. The van der Waals surface area contributed by atoms with Gasteiger partial charge in [-0.25, -0.2) is 0 Å². The molecular weight excluding hydrogens is 318 g/mol. The molecule has 1 saturated heterocycles. The van der Waals surface area contributed by atoms with Crippen LogP contribution in [0, 0.1) is 0 Å². The van der Waals surface area contributed by atoms with Gasteiger partial charge in [0, 0.05) is 11.0 Å². The van der Waals surface area contributed by atoms with Crippen LogP contribution in [0.2, 0.25) is 0 Å². The first-order valence-corrected chi connectivity index (χ1v) is 6.67. The molecule has 100 valence electrons. The number of likely N-dealkylation sites (tertiary alicyclic amines) is 1. The summed E-state index contributed by atoms with van der Waals surface area (Å²) in [4.78, 5) is 13.2. The maximum absolute atomic E-state index is 11.2. The smallest absolute Gasteiger partial charge is 0.320 e. The molecule has 1 aromatic rings. The van der Waals surface area contributed by atoms with Crippen LogP contribution >= 0.6 is 28.3 Å². The third kappa shape index (κ3) is 3.97. The molecule has 1 aliphatic heterocycles. The minimum atomic E-state index is -0.693. The van der Waals surface area contributed by atoms with Gasteiger partial charge < -0.3 is 5.11 Å². The van der Waals surface area contributed by atoms with Crippen LogP contribution in [0.5, 0.6) is 0 Å². The number of halogens is 2. The predicted octanol–water partition coefficient (Wildman–Crippen LogP) is 3.31. The molecule has 1 aliphatic rings. The third-order valence-corrected chi connectivity index (χ3v) is 3.73. The monoisotopic (exact) mass is 333 g/mol. The van der Waals surface area contributed by atoms with Crippen molar-refractivity contribution in [3.8, 4) is 0 Å². The standard InChI is InChI=1S/C13H16BrNO2.ClH/c14-11-6-4-10(5-7-11)9-15-8-2-1-3-12(15)13(16)17;/h4-7,12H,1-3,8-9H2,(H,16,17);1H. The first-order valence-electron chi connectivity index (χ1n) is 5.88. The number of rotatable bonds is 3. The van der Waals surface area contributed by atoms with Gasteiger partial charge in [-0.1, -0.05) is 34.5 Å². The number of aliphatic carboxylic acids is 1. The maximum atomic E-state index is 11.2. The van der Waals surface area contributed by atoms with E-state index in [9.17, 15) is 9.90 Å². The van der Waals surface area contributed by atoms with Gasteiger partial charge in [-0.2, -0.15) is 0 Å². The molecule has 1 atom stereocenters. The normalized spacial score (nSPS) is 20.2. The van der Waals surface area contributed by atoms with Crippen LogP contribution in [-0.4, -0.2) is 28.6 Å². The number of carbonyl (C=O) groups is 1. The van der Waals surface area contributed by atoms with Crippen LogP contribution in [-0.2, 0) is 11.3 Å². The van der Waals surface area contributed by atoms with E-state index in [0.29, 0.717) is 0 Å². The Morgan fingerprint density at radius 2 is 2.00 bits per heavy atom. The van der Waals surface area contributed by atoms with Gasteiger partial charge in [-0.15, -0.1) is 12.4 Å². The van der Waals surface area contributed by atoms with Gasteiger partial charge in [0.1, 0.15) is 6.04 Å². The summed E-state index contributed by atoms with van der Waals surface area (Å²) in [6.07, 6.45) is 2.89. The van der Waals surface area contributed by atoms with E-state index in [1.165, 1.54) is 5.56 Å². The zero-order chi connectivity index (χ0) is 12.3. The number of benzene rings is 1. The lowest BCUT2D eigenvalue weighted by Crippen LogP contribution is -2.43. The highest BCUT2D eigenvalue weighted by molar-refractivity contribution is 9.10. The fraction of sp³-hybridized carbons (Fsp3) is 0.462. The Bertz CT molecular complexity index is 396. The molecule has 1 aromatic carbocycles. The van der Waals surface area contributed by atoms with Crippen LogP contribution < -0.4 is 0 Å². The highest BCUT2D eigenvalue weighted by atomic mass is 79.9. The van der Waals surface area contributed by atoms with Crippen LogP contribution in [0.3, 0.4) is 0 Å². The molecule has 5 heteroatoms. The van der Waals surface area contributed by atoms with Crippen molar-refractivity contribution in [1.29, 1.82) is 0 Å². The van der Waals surface area contributed by atoms with E-state index in [0.717, 1.165) is 36.8 Å². The van der Waals surface area contributed by atoms with Crippen molar-refractivity contribution in [3.05, 3.63) is 34.3 Å². The topological polar surface area (TPSA) is 40.5 Å². The Kier molecular flexibility index (Phi) is 6.12. The molecule has 18 heavy (non-hydrogen) atoms. The largest absolute Gasteiger partial charge is 0.480 e. The maximum Gasteiger partial charge on any atom is 0.320 e. The van der Waals surface area contributed by atoms with Crippen molar-refractivity contribution in [1.82, 2.24) is 4.90 Å². The summed E-state index contributed by atoms with van der Waals surface area (Å²) in [6, 6.07) is 7.76. The summed E-state index contributed by atoms with van der Waals surface area (Å²) in [6.45, 7) is 1.61. The van der Waals surface area contributed by atoms with Crippen LogP contribution in [0.1, 0.15) is 24.8 Å². The minimum absolute atomic E-state index is 0. The van der Waals surface area contributed by atoms with E-state index in [4.69, 9.17) is 0 Å². The Morgan fingerprint density at radius 1 is 1.33 bits per heavy atom. The summed E-state index contributed by atoms with van der Waals surface area (Å²) >= 11 is 3.40. The lowest BCUT2D eigenvalue weighted by atomic mass is 10.0. The Hall–Kier alpha value is -0.580. The Morgan fingerprint density at radius 3 is 2.61 bits per heavy atom. The van der Waals surface area contributed by atoms with Crippen molar-refractivity contribution in [2.45, 2.75) is 31.8 Å².